The van der Waals surface area contributed by atoms with Crippen LogP contribution in [0.4, 0.5) is 14.5 Å². The van der Waals surface area contributed by atoms with Crippen LogP contribution in [0.3, 0.4) is 0 Å². The molecule has 86 valence electrons. The Bertz CT molecular complexity index is 453. The number of carboxylic acid groups (broad SMARTS) is 1. The Morgan fingerprint density at radius 1 is 1.44 bits per heavy atom. The number of carboxylic acids is 1. The van der Waals surface area contributed by atoms with Crippen molar-refractivity contribution in [2.45, 2.75) is 17.8 Å². The van der Waals surface area contributed by atoms with Crippen molar-refractivity contribution in [1.29, 1.82) is 0 Å². The quantitative estimate of drug-likeness (QED) is 0.807. The third-order valence-corrected chi connectivity index (χ3v) is 2.83. The molecule has 0 spiro atoms. The van der Waals surface area contributed by atoms with Crippen molar-refractivity contribution in [3.8, 4) is 0 Å². The maximum Gasteiger partial charge on any atom is 0.337 e. The minimum Gasteiger partial charge on any atom is -0.478 e. The number of alkyl halides is 1. The van der Waals surface area contributed by atoms with E-state index >= 15 is 0 Å². The highest BCUT2D eigenvalue weighted by Crippen LogP contribution is 2.33. The first kappa shape index (κ1) is 11.1. The Balaban J connectivity index is 2.33. The number of hydrogen-bond donors (Lipinski definition) is 2. The Kier molecular flexibility index (Phi) is 2.71. The molecule has 0 amide bonds. The highest BCUT2D eigenvalue weighted by atomic mass is 35.5. The summed E-state index contributed by atoms with van der Waals surface area (Å²) in [5.74, 6) is -3.58. The number of nitrogens with one attached hydrogen (secondary N) is 1. The molecule has 1 aliphatic rings. The molecule has 2 N–H and O–H groups in total. The van der Waals surface area contributed by atoms with E-state index in [1.54, 1.807) is 0 Å². The van der Waals surface area contributed by atoms with Gasteiger partial charge in [-0.05, 0) is 12.5 Å². The van der Waals surface area contributed by atoms with Gasteiger partial charge in [0, 0.05) is 12.1 Å². The number of carbonyl (C=O) groups is 1. The fourth-order valence-electron chi connectivity index (χ4n) is 1.36. The summed E-state index contributed by atoms with van der Waals surface area (Å²) >= 11 is 5.73. The standard InChI is InChI=1S/C10H8ClF2NO2/c11-5-2-9(5)14-8-3-7(13)6(12)1-4(8)10(15)16/h1,3,5,9,14H,2H2,(H,15,16). The second-order valence-corrected chi connectivity index (χ2v) is 4.18. The molecule has 0 heterocycles. The summed E-state index contributed by atoms with van der Waals surface area (Å²) in [5, 5.41) is 11.5. The van der Waals surface area contributed by atoms with Gasteiger partial charge in [-0.1, -0.05) is 0 Å². The van der Waals surface area contributed by atoms with Gasteiger partial charge in [-0.15, -0.1) is 11.6 Å². The van der Waals surface area contributed by atoms with Gasteiger partial charge in [0.15, 0.2) is 11.6 Å². The molecule has 1 saturated carbocycles. The van der Waals surface area contributed by atoms with Gasteiger partial charge in [0.2, 0.25) is 0 Å². The predicted molar refractivity (Wildman–Crippen MR) is 55.0 cm³/mol. The van der Waals surface area contributed by atoms with E-state index in [9.17, 15) is 13.6 Å². The molecule has 1 aromatic carbocycles. The highest BCUT2D eigenvalue weighted by molar-refractivity contribution is 6.23. The fourth-order valence-corrected chi connectivity index (χ4v) is 1.61. The zero-order valence-electron chi connectivity index (χ0n) is 8.01. The van der Waals surface area contributed by atoms with Crippen LogP contribution in [0.25, 0.3) is 0 Å². The molecular weight excluding hydrogens is 240 g/mol. The van der Waals surface area contributed by atoms with Gasteiger partial charge in [0.25, 0.3) is 0 Å². The molecule has 0 saturated heterocycles. The highest BCUT2D eigenvalue weighted by Gasteiger charge is 2.36. The molecular formula is C10H8ClF2NO2. The van der Waals surface area contributed by atoms with E-state index in [-0.39, 0.29) is 22.7 Å². The first-order valence-electron chi connectivity index (χ1n) is 4.62. The van der Waals surface area contributed by atoms with Crippen molar-refractivity contribution in [3.05, 3.63) is 29.3 Å². The third kappa shape index (κ3) is 2.09. The fraction of sp³-hybridized carbons (Fsp3) is 0.300. The minimum absolute atomic E-state index is 0.0551. The van der Waals surface area contributed by atoms with E-state index in [2.05, 4.69) is 5.32 Å². The molecule has 6 heteroatoms. The molecule has 0 aromatic heterocycles. The lowest BCUT2D eigenvalue weighted by Crippen LogP contribution is -2.11. The van der Waals surface area contributed by atoms with Gasteiger partial charge in [0.1, 0.15) is 0 Å². The topological polar surface area (TPSA) is 49.3 Å². The molecule has 1 aliphatic carbocycles. The van der Waals surface area contributed by atoms with E-state index in [1.165, 1.54) is 0 Å². The van der Waals surface area contributed by atoms with Gasteiger partial charge in [0.05, 0.1) is 16.6 Å². The summed E-state index contributed by atoms with van der Waals surface area (Å²) in [6, 6.07) is 1.41. The lowest BCUT2D eigenvalue weighted by atomic mass is 10.1. The predicted octanol–water partition coefficient (Wildman–Crippen LogP) is 2.45. The van der Waals surface area contributed by atoms with Crippen molar-refractivity contribution in [2.24, 2.45) is 0 Å². The number of rotatable bonds is 3. The molecule has 2 atom stereocenters. The van der Waals surface area contributed by atoms with Crippen molar-refractivity contribution in [3.63, 3.8) is 0 Å². The molecule has 3 nitrogen and oxygen atoms in total. The summed E-state index contributed by atoms with van der Waals surface area (Å²) < 4.78 is 25.8. The minimum atomic E-state index is -1.31. The van der Waals surface area contributed by atoms with Crippen molar-refractivity contribution >= 4 is 23.3 Å². The Morgan fingerprint density at radius 3 is 2.50 bits per heavy atom. The zero-order valence-corrected chi connectivity index (χ0v) is 8.76. The van der Waals surface area contributed by atoms with E-state index in [0.717, 1.165) is 6.07 Å². The van der Waals surface area contributed by atoms with Gasteiger partial charge in [-0.2, -0.15) is 0 Å². The van der Waals surface area contributed by atoms with Gasteiger partial charge < -0.3 is 10.4 Å². The third-order valence-electron chi connectivity index (χ3n) is 2.34. The van der Waals surface area contributed by atoms with E-state index in [4.69, 9.17) is 16.7 Å². The van der Waals surface area contributed by atoms with Crippen LogP contribution < -0.4 is 5.32 Å². The Hall–Kier alpha value is -1.36. The molecule has 1 aromatic rings. The lowest BCUT2D eigenvalue weighted by Gasteiger charge is -2.09. The van der Waals surface area contributed by atoms with E-state index in [1.807, 2.05) is 0 Å². The van der Waals surface area contributed by atoms with Crippen LogP contribution in [0.1, 0.15) is 16.8 Å². The molecule has 2 unspecified atom stereocenters. The van der Waals surface area contributed by atoms with E-state index < -0.39 is 17.6 Å². The smallest absolute Gasteiger partial charge is 0.337 e. The largest absolute Gasteiger partial charge is 0.478 e. The maximum absolute atomic E-state index is 12.9. The number of benzene rings is 1. The maximum atomic E-state index is 12.9. The second-order valence-electron chi connectivity index (χ2n) is 3.62. The molecule has 0 radical (unpaired) electrons. The number of hydrogen-bond acceptors (Lipinski definition) is 2. The molecule has 0 bridgehead atoms. The van der Waals surface area contributed by atoms with E-state index in [0.29, 0.717) is 12.5 Å². The van der Waals surface area contributed by atoms with Crippen LogP contribution in [-0.4, -0.2) is 22.5 Å². The van der Waals surface area contributed by atoms with Gasteiger partial charge >= 0.3 is 5.97 Å². The van der Waals surface area contributed by atoms with Gasteiger partial charge in [-0.25, -0.2) is 13.6 Å². The molecule has 0 aliphatic heterocycles. The van der Waals surface area contributed by atoms with Crippen LogP contribution in [0.15, 0.2) is 12.1 Å². The number of anilines is 1. The van der Waals surface area contributed by atoms with Crippen molar-refractivity contribution in [1.82, 2.24) is 0 Å². The lowest BCUT2D eigenvalue weighted by molar-refractivity contribution is 0.0697. The molecule has 2 rings (SSSR count). The summed E-state index contributed by atoms with van der Waals surface area (Å²) in [6.07, 6.45) is 0.680. The van der Waals surface area contributed by atoms with Gasteiger partial charge in [-0.3, -0.25) is 0 Å². The summed E-state index contributed by atoms with van der Waals surface area (Å²) in [7, 11) is 0. The molecule has 16 heavy (non-hydrogen) atoms. The first-order valence-corrected chi connectivity index (χ1v) is 5.05. The zero-order chi connectivity index (χ0) is 11.9. The normalized spacial score (nSPS) is 22.9. The van der Waals surface area contributed by atoms with Crippen LogP contribution >= 0.6 is 11.6 Å². The number of halogens is 3. The average molecular weight is 248 g/mol. The van der Waals surface area contributed by atoms with Crippen molar-refractivity contribution in [2.75, 3.05) is 5.32 Å². The summed E-state index contributed by atoms with van der Waals surface area (Å²) in [5.41, 5.74) is -0.241. The SMILES string of the molecule is O=C(O)c1cc(F)c(F)cc1NC1CC1Cl. The molecule has 1 fully saturated rings. The van der Waals surface area contributed by atoms with Crippen molar-refractivity contribution < 1.29 is 18.7 Å². The first-order chi connectivity index (χ1) is 7.49. The monoisotopic (exact) mass is 247 g/mol. The van der Waals surface area contributed by atoms with Crippen LogP contribution in [0.5, 0.6) is 0 Å². The van der Waals surface area contributed by atoms with Crippen LogP contribution in [0, 0.1) is 11.6 Å². The number of aromatic carboxylic acids is 1. The Morgan fingerprint density at radius 2 is 2.00 bits per heavy atom. The average Bonchev–Trinajstić information content (AvgIpc) is 2.87. The van der Waals surface area contributed by atoms with Crippen LogP contribution in [0.2, 0.25) is 0 Å². The Labute approximate surface area is 95.0 Å². The summed E-state index contributed by atoms with van der Waals surface area (Å²) in [4.78, 5) is 10.8. The summed E-state index contributed by atoms with van der Waals surface area (Å²) in [6.45, 7) is 0. The second kappa shape index (κ2) is 3.90. The van der Waals surface area contributed by atoms with Crippen LogP contribution in [-0.2, 0) is 0 Å².